The van der Waals surface area contributed by atoms with Gasteiger partial charge in [-0.25, -0.2) is 0 Å². The van der Waals surface area contributed by atoms with Crippen molar-refractivity contribution < 1.29 is 18.0 Å². The van der Waals surface area contributed by atoms with Crippen LogP contribution in [0.4, 0.5) is 13.2 Å². The predicted molar refractivity (Wildman–Crippen MR) is 65.3 cm³/mol. The molecule has 104 valence electrons. The molecule has 1 fully saturated rings. The van der Waals surface area contributed by atoms with E-state index < -0.39 is 17.3 Å². The van der Waals surface area contributed by atoms with Crippen LogP contribution in [0.25, 0.3) is 0 Å². The molecule has 0 heterocycles. The van der Waals surface area contributed by atoms with Gasteiger partial charge in [-0.05, 0) is 36.5 Å². The van der Waals surface area contributed by atoms with Gasteiger partial charge in [0.05, 0.1) is 5.56 Å². The SMILES string of the molecule is C[C@H]1CCC(=O)[C@@](N)(c2ccc(C(F)(F)F)cc2)C1. The fourth-order valence-electron chi connectivity index (χ4n) is 2.60. The Hall–Kier alpha value is -1.36. The van der Waals surface area contributed by atoms with Crippen molar-refractivity contribution in [3.05, 3.63) is 35.4 Å². The Morgan fingerprint density at radius 1 is 1.26 bits per heavy atom. The largest absolute Gasteiger partial charge is 0.416 e. The van der Waals surface area contributed by atoms with Gasteiger partial charge in [0.2, 0.25) is 0 Å². The molecule has 0 spiro atoms. The number of rotatable bonds is 1. The summed E-state index contributed by atoms with van der Waals surface area (Å²) < 4.78 is 37.5. The van der Waals surface area contributed by atoms with Crippen molar-refractivity contribution in [2.75, 3.05) is 0 Å². The van der Waals surface area contributed by atoms with E-state index in [1.54, 1.807) is 0 Å². The highest BCUT2D eigenvalue weighted by atomic mass is 19.4. The molecule has 1 aromatic rings. The van der Waals surface area contributed by atoms with Gasteiger partial charge in [0.15, 0.2) is 5.78 Å². The minimum Gasteiger partial charge on any atom is -0.315 e. The summed E-state index contributed by atoms with van der Waals surface area (Å²) in [5.74, 6) is 0.204. The van der Waals surface area contributed by atoms with Crippen molar-refractivity contribution in [3.63, 3.8) is 0 Å². The van der Waals surface area contributed by atoms with E-state index >= 15 is 0 Å². The molecule has 0 saturated heterocycles. The maximum absolute atomic E-state index is 12.5. The number of carbonyl (C=O) groups excluding carboxylic acids is 1. The third-order valence-electron chi connectivity index (χ3n) is 3.76. The van der Waals surface area contributed by atoms with Crippen LogP contribution in [0.2, 0.25) is 0 Å². The number of ketones is 1. The van der Waals surface area contributed by atoms with Gasteiger partial charge in [0.25, 0.3) is 0 Å². The van der Waals surface area contributed by atoms with Crippen molar-refractivity contribution >= 4 is 5.78 Å². The van der Waals surface area contributed by atoms with Gasteiger partial charge in [-0.1, -0.05) is 19.1 Å². The summed E-state index contributed by atoms with van der Waals surface area (Å²) in [4.78, 5) is 12.0. The molecule has 2 atom stereocenters. The van der Waals surface area contributed by atoms with Gasteiger partial charge < -0.3 is 5.73 Å². The molecule has 1 saturated carbocycles. The van der Waals surface area contributed by atoms with Gasteiger partial charge >= 0.3 is 6.18 Å². The van der Waals surface area contributed by atoms with Gasteiger partial charge in [-0.15, -0.1) is 0 Å². The molecule has 0 aliphatic heterocycles. The van der Waals surface area contributed by atoms with Gasteiger partial charge in [0.1, 0.15) is 5.54 Å². The molecule has 2 N–H and O–H groups in total. The lowest BCUT2D eigenvalue weighted by Crippen LogP contribution is -2.48. The van der Waals surface area contributed by atoms with E-state index in [1.807, 2.05) is 6.92 Å². The first-order chi connectivity index (χ1) is 8.73. The first-order valence-corrected chi connectivity index (χ1v) is 6.23. The Labute approximate surface area is 109 Å². The van der Waals surface area contributed by atoms with Crippen molar-refractivity contribution in [2.24, 2.45) is 11.7 Å². The van der Waals surface area contributed by atoms with Crippen LogP contribution in [0, 0.1) is 5.92 Å². The normalized spacial score (nSPS) is 28.5. The maximum Gasteiger partial charge on any atom is 0.416 e. The third kappa shape index (κ3) is 2.66. The fraction of sp³-hybridized carbons (Fsp3) is 0.500. The molecule has 1 aromatic carbocycles. The zero-order valence-electron chi connectivity index (χ0n) is 10.6. The van der Waals surface area contributed by atoms with Crippen molar-refractivity contribution in [1.82, 2.24) is 0 Å². The summed E-state index contributed by atoms with van der Waals surface area (Å²) in [6, 6.07) is 4.60. The van der Waals surface area contributed by atoms with Gasteiger partial charge in [-0.3, -0.25) is 4.79 Å². The van der Waals surface area contributed by atoms with Crippen LogP contribution in [-0.4, -0.2) is 5.78 Å². The predicted octanol–water partition coefficient (Wildman–Crippen LogP) is 3.25. The molecule has 0 aromatic heterocycles. The molecule has 2 nitrogen and oxygen atoms in total. The molecule has 19 heavy (non-hydrogen) atoms. The number of Topliss-reactive ketones (excluding diaryl/α,β-unsaturated/α-hetero) is 1. The molecule has 0 unspecified atom stereocenters. The third-order valence-corrected chi connectivity index (χ3v) is 3.76. The average Bonchev–Trinajstić information content (AvgIpc) is 2.33. The minimum absolute atomic E-state index is 0.0923. The number of hydrogen-bond donors (Lipinski definition) is 1. The van der Waals surface area contributed by atoms with E-state index in [4.69, 9.17) is 5.73 Å². The van der Waals surface area contributed by atoms with Gasteiger partial charge in [-0.2, -0.15) is 13.2 Å². The second kappa shape index (κ2) is 4.63. The van der Waals surface area contributed by atoms with Crippen LogP contribution in [0.5, 0.6) is 0 Å². The van der Waals surface area contributed by atoms with E-state index in [9.17, 15) is 18.0 Å². The van der Waals surface area contributed by atoms with E-state index in [0.29, 0.717) is 24.3 Å². The smallest absolute Gasteiger partial charge is 0.315 e. The average molecular weight is 271 g/mol. The van der Waals surface area contributed by atoms with Crippen molar-refractivity contribution in [2.45, 2.75) is 37.9 Å². The Morgan fingerprint density at radius 2 is 1.84 bits per heavy atom. The zero-order chi connectivity index (χ0) is 14.3. The number of benzene rings is 1. The molecule has 0 amide bonds. The Kier molecular flexibility index (Phi) is 3.43. The van der Waals surface area contributed by atoms with Crippen LogP contribution in [0.1, 0.15) is 37.3 Å². The number of hydrogen-bond acceptors (Lipinski definition) is 2. The highest BCUT2D eigenvalue weighted by molar-refractivity contribution is 5.90. The highest BCUT2D eigenvalue weighted by Gasteiger charge is 2.40. The summed E-state index contributed by atoms with van der Waals surface area (Å²) in [5, 5.41) is 0. The number of alkyl halides is 3. The molecule has 5 heteroatoms. The van der Waals surface area contributed by atoms with Gasteiger partial charge in [0, 0.05) is 6.42 Å². The number of halogens is 3. The topological polar surface area (TPSA) is 43.1 Å². The molecule has 0 bridgehead atoms. The molecule has 2 rings (SSSR count). The summed E-state index contributed by atoms with van der Waals surface area (Å²) in [6.45, 7) is 2.00. The molecular formula is C14H16F3NO. The molecule has 1 aliphatic carbocycles. The van der Waals surface area contributed by atoms with E-state index in [2.05, 4.69) is 0 Å². The standard InChI is InChI=1S/C14H16F3NO/c1-9-2-7-12(19)13(18,8-9)10-3-5-11(6-4-10)14(15,16)17/h3-6,9H,2,7-8,18H2,1H3/t9-,13-/m0/s1. The quantitative estimate of drug-likeness (QED) is 0.852. The molecule has 0 radical (unpaired) electrons. The summed E-state index contributed by atoms with van der Waals surface area (Å²) >= 11 is 0. The lowest BCUT2D eigenvalue weighted by atomic mass is 9.72. The van der Waals surface area contributed by atoms with Crippen LogP contribution < -0.4 is 5.73 Å². The minimum atomic E-state index is -4.37. The first-order valence-electron chi connectivity index (χ1n) is 6.23. The van der Waals surface area contributed by atoms with Crippen LogP contribution in [0.3, 0.4) is 0 Å². The van der Waals surface area contributed by atoms with E-state index in [0.717, 1.165) is 18.6 Å². The number of nitrogens with two attached hydrogens (primary N) is 1. The van der Waals surface area contributed by atoms with E-state index in [1.165, 1.54) is 12.1 Å². The molecular weight excluding hydrogens is 255 g/mol. The lowest BCUT2D eigenvalue weighted by Gasteiger charge is -2.35. The molecule has 1 aliphatic rings. The van der Waals surface area contributed by atoms with Crippen LogP contribution >= 0.6 is 0 Å². The van der Waals surface area contributed by atoms with Crippen molar-refractivity contribution in [1.29, 1.82) is 0 Å². The Bertz CT molecular complexity index is 480. The summed E-state index contributed by atoms with van der Waals surface area (Å²) in [7, 11) is 0. The van der Waals surface area contributed by atoms with Crippen LogP contribution in [-0.2, 0) is 16.5 Å². The summed E-state index contributed by atoms with van der Waals surface area (Å²) in [5.41, 5.74) is 4.75. The number of carbonyl (C=O) groups is 1. The maximum atomic E-state index is 12.5. The Balaban J connectivity index is 2.33. The van der Waals surface area contributed by atoms with Crippen LogP contribution in [0.15, 0.2) is 24.3 Å². The first kappa shape index (κ1) is 14.1. The monoisotopic (exact) mass is 271 g/mol. The van der Waals surface area contributed by atoms with E-state index in [-0.39, 0.29) is 5.78 Å². The summed E-state index contributed by atoms with van der Waals surface area (Å²) in [6.07, 6.45) is -2.71. The Morgan fingerprint density at radius 3 is 2.37 bits per heavy atom. The fourth-order valence-corrected chi connectivity index (χ4v) is 2.60. The zero-order valence-corrected chi connectivity index (χ0v) is 10.6. The second-order valence-electron chi connectivity index (χ2n) is 5.32. The lowest BCUT2D eigenvalue weighted by molar-refractivity contribution is -0.137. The highest BCUT2D eigenvalue weighted by Crippen LogP contribution is 2.37. The second-order valence-corrected chi connectivity index (χ2v) is 5.32. The van der Waals surface area contributed by atoms with Crippen molar-refractivity contribution in [3.8, 4) is 0 Å².